The van der Waals surface area contributed by atoms with E-state index in [0.29, 0.717) is 12.2 Å². The molecule has 25 heavy (non-hydrogen) atoms. The van der Waals surface area contributed by atoms with Crippen LogP contribution in [0.1, 0.15) is 31.1 Å². The molecule has 0 aromatic heterocycles. The fraction of sp³-hybridized carbons (Fsp3) is 0.300. The maximum atomic E-state index is 12.4. The highest BCUT2D eigenvalue weighted by Crippen LogP contribution is 2.30. The Hall–Kier alpha value is -2.82. The lowest BCUT2D eigenvalue weighted by Crippen LogP contribution is -2.40. The van der Waals surface area contributed by atoms with Crippen LogP contribution < -0.4 is 10.1 Å². The summed E-state index contributed by atoms with van der Waals surface area (Å²) in [4.78, 5) is 23.5. The van der Waals surface area contributed by atoms with Crippen molar-refractivity contribution in [1.82, 2.24) is 5.32 Å². The molecule has 0 aliphatic rings. The number of amides is 1. The molecule has 0 saturated heterocycles. The molecule has 2 aromatic carbocycles. The quantitative estimate of drug-likeness (QED) is 0.807. The summed E-state index contributed by atoms with van der Waals surface area (Å²) in [6.07, 6.45) is 0. The van der Waals surface area contributed by atoms with E-state index in [9.17, 15) is 9.59 Å². The van der Waals surface area contributed by atoms with Crippen LogP contribution in [0.2, 0.25) is 0 Å². The van der Waals surface area contributed by atoms with Gasteiger partial charge in [-0.05, 0) is 44.5 Å². The molecule has 0 spiro atoms. The minimum Gasteiger partial charge on any atom is -0.493 e. The highest BCUT2D eigenvalue weighted by atomic mass is 16.5. The van der Waals surface area contributed by atoms with E-state index in [-0.39, 0.29) is 5.91 Å². The Morgan fingerprint density at radius 3 is 2.52 bits per heavy atom. The SMILES string of the molecule is CCOc1ccccc1-c1cccc(C(=O)NC(C)C(C)C(=O)O)c1. The van der Waals surface area contributed by atoms with Crippen LogP contribution in [0.25, 0.3) is 11.1 Å². The van der Waals surface area contributed by atoms with Crippen LogP contribution in [0.3, 0.4) is 0 Å². The zero-order valence-corrected chi connectivity index (χ0v) is 14.7. The van der Waals surface area contributed by atoms with E-state index in [1.807, 2.05) is 37.3 Å². The number of rotatable bonds is 7. The fourth-order valence-electron chi connectivity index (χ4n) is 2.44. The van der Waals surface area contributed by atoms with Crippen molar-refractivity contribution in [2.45, 2.75) is 26.8 Å². The standard InChI is InChI=1S/C20H23NO4/c1-4-25-18-11-6-5-10-17(18)15-8-7-9-16(12-15)19(22)21-14(3)13(2)20(23)24/h5-14H,4H2,1-3H3,(H,21,22)(H,23,24). The number of carboxylic acid groups (broad SMARTS) is 1. The van der Waals surface area contributed by atoms with Gasteiger partial charge in [-0.1, -0.05) is 30.3 Å². The molecule has 2 aromatic rings. The molecule has 2 N–H and O–H groups in total. The lowest BCUT2D eigenvalue weighted by molar-refractivity contribution is -0.141. The predicted molar refractivity (Wildman–Crippen MR) is 96.8 cm³/mol. The summed E-state index contributed by atoms with van der Waals surface area (Å²) in [5.74, 6) is -1.13. The summed E-state index contributed by atoms with van der Waals surface area (Å²) in [6.45, 7) is 5.74. The monoisotopic (exact) mass is 341 g/mol. The minimum absolute atomic E-state index is 0.295. The van der Waals surface area contributed by atoms with E-state index in [1.165, 1.54) is 0 Å². The lowest BCUT2D eigenvalue weighted by atomic mass is 10.0. The van der Waals surface area contributed by atoms with E-state index in [4.69, 9.17) is 9.84 Å². The summed E-state index contributed by atoms with van der Waals surface area (Å²) >= 11 is 0. The molecule has 0 radical (unpaired) electrons. The first kappa shape index (κ1) is 18.5. The first-order valence-electron chi connectivity index (χ1n) is 8.30. The van der Waals surface area contributed by atoms with Gasteiger partial charge in [-0.2, -0.15) is 0 Å². The third kappa shape index (κ3) is 4.59. The topological polar surface area (TPSA) is 75.6 Å². The van der Waals surface area contributed by atoms with Gasteiger partial charge in [-0.15, -0.1) is 0 Å². The van der Waals surface area contributed by atoms with Gasteiger partial charge in [-0.25, -0.2) is 0 Å². The van der Waals surface area contributed by atoms with Crippen LogP contribution in [0.4, 0.5) is 0 Å². The van der Waals surface area contributed by atoms with Crippen molar-refractivity contribution in [2.24, 2.45) is 5.92 Å². The second-order valence-corrected chi connectivity index (χ2v) is 5.90. The Bertz CT molecular complexity index is 757. The third-order valence-corrected chi connectivity index (χ3v) is 4.12. The number of hydrogen-bond donors (Lipinski definition) is 2. The lowest BCUT2D eigenvalue weighted by Gasteiger charge is -2.18. The van der Waals surface area contributed by atoms with Crippen LogP contribution in [-0.4, -0.2) is 29.6 Å². The minimum atomic E-state index is -0.938. The van der Waals surface area contributed by atoms with E-state index in [1.54, 1.807) is 32.0 Å². The van der Waals surface area contributed by atoms with E-state index >= 15 is 0 Å². The number of benzene rings is 2. The van der Waals surface area contributed by atoms with Crippen molar-refractivity contribution < 1.29 is 19.4 Å². The smallest absolute Gasteiger partial charge is 0.308 e. The number of carbonyl (C=O) groups is 2. The van der Waals surface area contributed by atoms with Gasteiger partial charge < -0.3 is 15.2 Å². The molecule has 0 heterocycles. The molecule has 5 heteroatoms. The molecule has 2 unspecified atom stereocenters. The molecular formula is C20H23NO4. The first-order valence-corrected chi connectivity index (χ1v) is 8.30. The normalized spacial score (nSPS) is 12.9. The third-order valence-electron chi connectivity index (χ3n) is 4.12. The maximum Gasteiger partial charge on any atom is 0.308 e. The number of aliphatic carboxylic acids is 1. The molecule has 0 saturated carbocycles. The van der Waals surface area contributed by atoms with Crippen molar-refractivity contribution >= 4 is 11.9 Å². The second-order valence-electron chi connectivity index (χ2n) is 5.90. The maximum absolute atomic E-state index is 12.4. The van der Waals surface area contributed by atoms with Crippen molar-refractivity contribution in [1.29, 1.82) is 0 Å². The average Bonchev–Trinajstić information content (AvgIpc) is 2.61. The van der Waals surface area contributed by atoms with Crippen molar-refractivity contribution in [3.05, 3.63) is 54.1 Å². The van der Waals surface area contributed by atoms with Gasteiger partial charge >= 0.3 is 5.97 Å². The Morgan fingerprint density at radius 1 is 1.12 bits per heavy atom. The number of carbonyl (C=O) groups excluding carboxylic acids is 1. The molecule has 2 rings (SSSR count). The predicted octanol–water partition coefficient (Wildman–Crippen LogP) is 3.59. The first-order chi connectivity index (χ1) is 11.9. The molecular weight excluding hydrogens is 318 g/mol. The highest BCUT2D eigenvalue weighted by Gasteiger charge is 2.21. The van der Waals surface area contributed by atoms with E-state index in [0.717, 1.165) is 16.9 Å². The van der Waals surface area contributed by atoms with Gasteiger partial charge in [0.15, 0.2) is 0 Å². The van der Waals surface area contributed by atoms with Gasteiger partial charge in [0.1, 0.15) is 5.75 Å². The van der Waals surface area contributed by atoms with Gasteiger partial charge in [0.25, 0.3) is 5.91 Å². The fourth-order valence-corrected chi connectivity index (χ4v) is 2.44. The summed E-state index contributed by atoms with van der Waals surface area (Å²) in [5.41, 5.74) is 2.26. The zero-order valence-electron chi connectivity index (χ0n) is 14.7. The van der Waals surface area contributed by atoms with Crippen LogP contribution in [0, 0.1) is 5.92 Å². The van der Waals surface area contributed by atoms with Crippen LogP contribution in [0.5, 0.6) is 5.75 Å². The van der Waals surface area contributed by atoms with E-state index < -0.39 is 17.9 Å². The number of carboxylic acids is 1. The van der Waals surface area contributed by atoms with Crippen LogP contribution in [-0.2, 0) is 4.79 Å². The van der Waals surface area contributed by atoms with Gasteiger partial charge in [0, 0.05) is 17.2 Å². The highest BCUT2D eigenvalue weighted by molar-refractivity contribution is 5.96. The molecule has 0 aliphatic carbocycles. The van der Waals surface area contributed by atoms with Crippen molar-refractivity contribution in [3.8, 4) is 16.9 Å². The number of nitrogens with one attached hydrogen (secondary N) is 1. The van der Waals surface area contributed by atoms with Crippen molar-refractivity contribution in [2.75, 3.05) is 6.61 Å². The molecule has 2 atom stereocenters. The largest absolute Gasteiger partial charge is 0.493 e. The number of ether oxygens (including phenoxy) is 1. The van der Waals surface area contributed by atoms with E-state index in [2.05, 4.69) is 5.32 Å². The molecule has 0 bridgehead atoms. The summed E-state index contributed by atoms with van der Waals surface area (Å²) < 4.78 is 5.65. The summed E-state index contributed by atoms with van der Waals surface area (Å²) in [6, 6.07) is 14.4. The molecule has 0 fully saturated rings. The van der Waals surface area contributed by atoms with Gasteiger partial charge in [0.2, 0.25) is 0 Å². The Morgan fingerprint density at radius 2 is 1.84 bits per heavy atom. The summed E-state index contributed by atoms with van der Waals surface area (Å²) in [5, 5.41) is 11.8. The molecule has 0 aliphatic heterocycles. The Balaban J connectivity index is 2.24. The van der Waals surface area contributed by atoms with Gasteiger partial charge in [0.05, 0.1) is 12.5 Å². The number of hydrogen-bond acceptors (Lipinski definition) is 3. The molecule has 132 valence electrons. The molecule has 5 nitrogen and oxygen atoms in total. The van der Waals surface area contributed by atoms with Crippen LogP contribution in [0.15, 0.2) is 48.5 Å². The molecule has 1 amide bonds. The average molecular weight is 341 g/mol. The van der Waals surface area contributed by atoms with Crippen LogP contribution >= 0.6 is 0 Å². The Labute approximate surface area is 147 Å². The Kier molecular flexibility index (Phi) is 6.17. The summed E-state index contributed by atoms with van der Waals surface area (Å²) in [7, 11) is 0. The van der Waals surface area contributed by atoms with Crippen molar-refractivity contribution in [3.63, 3.8) is 0 Å². The zero-order chi connectivity index (χ0) is 18.4. The number of para-hydroxylation sites is 1. The van der Waals surface area contributed by atoms with Gasteiger partial charge in [-0.3, -0.25) is 9.59 Å². The second kappa shape index (κ2) is 8.33.